The van der Waals surface area contributed by atoms with E-state index in [-0.39, 0.29) is 49.8 Å². The Hall–Kier alpha value is -5.58. The van der Waals surface area contributed by atoms with Gasteiger partial charge in [-0.1, -0.05) is 122 Å². The first kappa shape index (κ1) is 42.4. The molecule has 6 aliphatic heterocycles. The zero-order chi connectivity index (χ0) is 43.6. The quantitative estimate of drug-likeness (QED) is 0.151. The fourth-order valence-corrected chi connectivity index (χ4v) is 11.1. The number of hydrogen-bond acceptors (Lipinski definition) is 6. The summed E-state index contributed by atoms with van der Waals surface area (Å²) in [4.78, 5) is 46.6. The average molecular weight is 861 g/mol. The Morgan fingerprint density at radius 3 is 1.22 bits per heavy atom. The summed E-state index contributed by atoms with van der Waals surface area (Å²) in [5.74, 6) is -0.0470. The number of amides is 2. The molecule has 2 amide bonds. The van der Waals surface area contributed by atoms with E-state index in [4.69, 9.17) is 9.98 Å². The molecule has 4 aromatic rings. The first-order chi connectivity index (χ1) is 31.4. The summed E-state index contributed by atoms with van der Waals surface area (Å²) in [5.41, 5.74) is 10.1. The van der Waals surface area contributed by atoms with E-state index in [0.29, 0.717) is 12.8 Å². The first-order valence-corrected chi connectivity index (χ1v) is 23.6. The highest BCUT2D eigenvalue weighted by Gasteiger charge is 2.45. The Morgan fingerprint density at radius 2 is 0.844 bits per heavy atom. The molecule has 4 saturated heterocycles. The number of rotatable bonds is 11. The lowest BCUT2D eigenvalue weighted by Gasteiger charge is -2.37. The number of allylic oxidation sites excluding steroid dienone is 2. The molecule has 0 unspecified atom stereocenters. The minimum atomic E-state index is -1.08. The van der Waals surface area contributed by atoms with Crippen molar-refractivity contribution in [1.82, 2.24) is 19.6 Å². The largest absolute Gasteiger partial charge is 0.330 e. The number of carbonyl (C=O) groups excluding carboxylic acids is 2. The van der Waals surface area contributed by atoms with Gasteiger partial charge >= 0.3 is 0 Å². The number of carbonyl (C=O) groups is 2. The van der Waals surface area contributed by atoms with Gasteiger partial charge in [0.25, 0.3) is 0 Å². The first-order valence-electron chi connectivity index (χ1n) is 23.6. The van der Waals surface area contributed by atoms with Crippen molar-refractivity contribution in [2.75, 3.05) is 39.3 Å². The Labute approximate surface area is 376 Å². The Bertz CT molecular complexity index is 2250. The fraction of sp³-hybridized carbons (Fsp3) is 0.407. The van der Waals surface area contributed by atoms with Crippen LogP contribution in [0.15, 0.2) is 132 Å². The van der Waals surface area contributed by atoms with Gasteiger partial charge in [0, 0.05) is 49.5 Å². The number of aliphatic imine (C=N–C) groups is 2. The maximum Gasteiger partial charge on any atom is 0.245 e. The molecule has 0 bridgehead atoms. The van der Waals surface area contributed by atoms with Crippen LogP contribution in [0.1, 0.15) is 98.5 Å². The molecule has 0 N–H and O–H groups in total. The zero-order valence-corrected chi connectivity index (χ0v) is 36.6. The Balaban J connectivity index is 0.770. The second-order valence-electron chi connectivity index (χ2n) is 18.6. The molecule has 8 nitrogen and oxygen atoms in total. The standard InChI is InChI=1S/C54H58F2N6O2/c55-45-31-49(61(35-45)53(63)51(41-13-5-1-6-14-41)59-25-9-3-10-26-59)47-29-43(33-57-47)39-21-17-37(18-22-39)38-19-23-40(24-20-38)44-30-48(58-34-44)50-32-46(56)36-62(50)54(64)52(42-15-7-2-8-16-42)60-27-11-4-12-28-60/h1-2,5-8,13-24,33-34,45-46,49-52H,3-4,9-12,25-32,35-36H2/t45-,46-,49-,50-,51+,52+/m0/s1. The Kier molecular flexibility index (Phi) is 12.5. The number of benzene rings is 4. The van der Waals surface area contributed by atoms with E-state index in [0.717, 1.165) is 108 Å². The van der Waals surface area contributed by atoms with Crippen molar-refractivity contribution in [1.29, 1.82) is 0 Å². The number of nitrogens with zero attached hydrogens (tertiary/aromatic N) is 6. The maximum absolute atomic E-state index is 15.2. The van der Waals surface area contributed by atoms with Gasteiger partial charge in [-0.05, 0) is 96.4 Å². The maximum atomic E-state index is 15.2. The molecule has 0 saturated carbocycles. The summed E-state index contributed by atoms with van der Waals surface area (Å²) in [5, 5.41) is 0. The molecule has 4 fully saturated rings. The molecular weight excluding hydrogens is 803 g/mol. The summed E-state index contributed by atoms with van der Waals surface area (Å²) in [6, 6.07) is 35.3. The number of halogens is 2. The number of likely N-dealkylation sites (tertiary alicyclic amines) is 4. The second kappa shape index (κ2) is 18.9. The summed E-state index contributed by atoms with van der Waals surface area (Å²) in [6.45, 7) is 3.67. The molecule has 0 aromatic heterocycles. The lowest BCUT2D eigenvalue weighted by atomic mass is 9.94. The molecule has 6 aliphatic rings. The molecular formula is C54H58F2N6O2. The number of alkyl halides is 2. The summed E-state index contributed by atoms with van der Waals surface area (Å²) >= 11 is 0. The van der Waals surface area contributed by atoms with Crippen molar-refractivity contribution in [2.45, 2.75) is 101 Å². The predicted octanol–water partition coefficient (Wildman–Crippen LogP) is 10.1. The smallest absolute Gasteiger partial charge is 0.245 e. The van der Waals surface area contributed by atoms with Crippen LogP contribution >= 0.6 is 0 Å². The molecule has 0 spiro atoms. The van der Waals surface area contributed by atoms with Crippen LogP contribution in [0.4, 0.5) is 8.78 Å². The third-order valence-corrected chi connectivity index (χ3v) is 14.4. The molecule has 10 rings (SSSR count). The molecule has 6 atom stereocenters. The van der Waals surface area contributed by atoms with Crippen molar-refractivity contribution < 1.29 is 18.4 Å². The third-order valence-electron chi connectivity index (χ3n) is 14.4. The van der Waals surface area contributed by atoms with Crippen LogP contribution in [0.3, 0.4) is 0 Å². The van der Waals surface area contributed by atoms with Crippen molar-refractivity contribution >= 4 is 34.4 Å². The second-order valence-corrected chi connectivity index (χ2v) is 18.6. The molecule has 64 heavy (non-hydrogen) atoms. The van der Waals surface area contributed by atoms with Crippen LogP contribution in [0.2, 0.25) is 0 Å². The summed E-state index contributed by atoms with van der Waals surface area (Å²) in [6.07, 6.45) is 9.94. The highest BCUT2D eigenvalue weighted by atomic mass is 19.1. The van der Waals surface area contributed by atoms with Gasteiger partial charge in [0.2, 0.25) is 11.8 Å². The van der Waals surface area contributed by atoms with Crippen molar-refractivity contribution in [3.8, 4) is 11.1 Å². The summed E-state index contributed by atoms with van der Waals surface area (Å²) in [7, 11) is 0. The van der Waals surface area contributed by atoms with Crippen LogP contribution < -0.4 is 0 Å². The van der Waals surface area contributed by atoms with Crippen LogP contribution in [-0.4, -0.2) is 107 Å². The van der Waals surface area contributed by atoms with Gasteiger partial charge in [-0.2, -0.15) is 0 Å². The minimum Gasteiger partial charge on any atom is -0.330 e. The van der Waals surface area contributed by atoms with Crippen LogP contribution in [0.25, 0.3) is 22.3 Å². The lowest BCUT2D eigenvalue weighted by Crippen LogP contribution is -2.48. The predicted molar refractivity (Wildman–Crippen MR) is 251 cm³/mol. The normalized spacial score (nSPS) is 25.2. The van der Waals surface area contributed by atoms with E-state index in [1.54, 1.807) is 9.80 Å². The molecule has 0 radical (unpaired) electrons. The van der Waals surface area contributed by atoms with Crippen LogP contribution in [-0.2, 0) is 9.59 Å². The highest BCUT2D eigenvalue weighted by molar-refractivity contribution is 6.05. The van der Waals surface area contributed by atoms with Crippen molar-refractivity contribution in [3.63, 3.8) is 0 Å². The monoisotopic (exact) mass is 860 g/mol. The fourth-order valence-electron chi connectivity index (χ4n) is 11.1. The van der Waals surface area contributed by atoms with E-state index in [9.17, 15) is 9.59 Å². The van der Waals surface area contributed by atoms with Gasteiger partial charge in [-0.15, -0.1) is 0 Å². The molecule has 0 aliphatic carbocycles. The van der Waals surface area contributed by atoms with E-state index in [1.165, 1.54) is 12.8 Å². The Morgan fingerprint density at radius 1 is 0.484 bits per heavy atom. The average Bonchev–Trinajstić information content (AvgIpc) is 4.18. The van der Waals surface area contributed by atoms with E-state index >= 15 is 8.78 Å². The minimum absolute atomic E-state index is 0.0235. The number of piperidine rings is 2. The van der Waals surface area contributed by atoms with Gasteiger partial charge in [-0.3, -0.25) is 29.4 Å². The molecule has 4 aromatic carbocycles. The molecule has 330 valence electrons. The van der Waals surface area contributed by atoms with Crippen LogP contribution in [0, 0.1) is 0 Å². The van der Waals surface area contributed by atoms with E-state index in [1.807, 2.05) is 73.1 Å². The van der Waals surface area contributed by atoms with Crippen LogP contribution in [0.5, 0.6) is 0 Å². The zero-order valence-electron chi connectivity index (χ0n) is 36.6. The topological polar surface area (TPSA) is 71.8 Å². The van der Waals surface area contributed by atoms with E-state index < -0.39 is 24.4 Å². The van der Waals surface area contributed by atoms with Gasteiger partial charge in [-0.25, -0.2) is 8.78 Å². The third kappa shape index (κ3) is 8.79. The van der Waals surface area contributed by atoms with Gasteiger partial charge < -0.3 is 9.80 Å². The highest BCUT2D eigenvalue weighted by Crippen LogP contribution is 2.38. The van der Waals surface area contributed by atoms with Crippen molar-refractivity contribution in [3.05, 3.63) is 144 Å². The number of hydrogen-bond donors (Lipinski definition) is 0. The van der Waals surface area contributed by atoms with E-state index in [2.05, 4.69) is 58.3 Å². The van der Waals surface area contributed by atoms with Crippen molar-refractivity contribution in [2.24, 2.45) is 9.98 Å². The van der Waals surface area contributed by atoms with Gasteiger partial charge in [0.1, 0.15) is 24.4 Å². The SMILES string of the molecule is O=C([C@@H](c1ccccc1)N1CCCCC1)N1C[C@@H](F)C[C@H]1C1=NC=C(c2ccc(-c3ccc(C4=CN=C([C@@H]5C[C@H](F)CN5C(=O)[C@@H](c5ccccc5)N5CCCCC5)C4)cc3)cc2)C1. The summed E-state index contributed by atoms with van der Waals surface area (Å²) < 4.78 is 30.5. The molecule has 10 heteroatoms. The lowest BCUT2D eigenvalue weighted by molar-refractivity contribution is -0.138. The molecule has 6 heterocycles. The van der Waals surface area contributed by atoms with Gasteiger partial charge in [0.15, 0.2) is 0 Å². The van der Waals surface area contributed by atoms with Gasteiger partial charge in [0.05, 0.1) is 25.2 Å².